The highest BCUT2D eigenvalue weighted by atomic mass is 32.1. The lowest BCUT2D eigenvalue weighted by atomic mass is 10.1. The average Bonchev–Trinajstić information content (AvgIpc) is 2.46. The zero-order chi connectivity index (χ0) is 15.2. The number of thiocarbonyl (C=S) groups is 1. The standard InChI is InChI=1S/C17H20N2OS/c1-3-4-5-13-7-9-14(10-8-13)20-17-15(16(18)21)11-6-12(2)19-17/h6-11H,3-5H2,1-2H3,(H2,18,21). The van der Waals surface area contributed by atoms with Crippen molar-refractivity contribution in [3.63, 3.8) is 0 Å². The maximum absolute atomic E-state index is 5.83. The number of nitrogens with two attached hydrogens (primary N) is 1. The molecule has 0 fully saturated rings. The second-order valence-corrected chi connectivity index (χ2v) is 5.46. The van der Waals surface area contributed by atoms with Crippen LogP contribution in [0.5, 0.6) is 11.6 Å². The molecular formula is C17H20N2OS. The van der Waals surface area contributed by atoms with Crippen LogP contribution in [0.25, 0.3) is 0 Å². The normalized spacial score (nSPS) is 10.4. The first-order chi connectivity index (χ1) is 10.1. The Hall–Kier alpha value is -1.94. The second-order valence-electron chi connectivity index (χ2n) is 5.02. The lowest BCUT2D eigenvalue weighted by Crippen LogP contribution is -2.12. The van der Waals surface area contributed by atoms with E-state index < -0.39 is 0 Å². The number of hydrogen-bond donors (Lipinski definition) is 1. The van der Waals surface area contributed by atoms with Crippen LogP contribution in [0, 0.1) is 6.92 Å². The Balaban J connectivity index is 2.18. The molecule has 0 aliphatic carbocycles. The first-order valence-corrected chi connectivity index (χ1v) is 7.55. The number of pyridine rings is 1. The van der Waals surface area contributed by atoms with Gasteiger partial charge in [-0.15, -0.1) is 0 Å². The molecule has 0 amide bonds. The molecule has 0 radical (unpaired) electrons. The van der Waals surface area contributed by atoms with Gasteiger partial charge in [-0.25, -0.2) is 4.98 Å². The van der Waals surface area contributed by atoms with Crippen LogP contribution in [0.15, 0.2) is 36.4 Å². The van der Waals surface area contributed by atoms with Crippen LogP contribution in [-0.2, 0) is 6.42 Å². The molecule has 2 rings (SSSR count). The van der Waals surface area contributed by atoms with Gasteiger partial charge in [0.1, 0.15) is 10.7 Å². The molecule has 0 aliphatic rings. The Morgan fingerprint density at radius 2 is 1.90 bits per heavy atom. The van der Waals surface area contributed by atoms with E-state index >= 15 is 0 Å². The predicted molar refractivity (Wildman–Crippen MR) is 90.0 cm³/mol. The molecule has 1 aromatic carbocycles. The fourth-order valence-electron chi connectivity index (χ4n) is 2.01. The molecule has 21 heavy (non-hydrogen) atoms. The van der Waals surface area contributed by atoms with Gasteiger partial charge in [-0.05, 0) is 49.6 Å². The Morgan fingerprint density at radius 1 is 1.19 bits per heavy atom. The number of unbranched alkanes of at least 4 members (excludes halogenated alkanes) is 1. The van der Waals surface area contributed by atoms with E-state index in [-0.39, 0.29) is 4.99 Å². The topological polar surface area (TPSA) is 48.1 Å². The summed E-state index contributed by atoms with van der Waals surface area (Å²) in [4.78, 5) is 4.66. The summed E-state index contributed by atoms with van der Waals surface area (Å²) >= 11 is 5.04. The minimum Gasteiger partial charge on any atom is -0.438 e. The van der Waals surface area contributed by atoms with Gasteiger partial charge in [0, 0.05) is 5.69 Å². The fourth-order valence-corrected chi connectivity index (χ4v) is 2.17. The van der Waals surface area contributed by atoms with Crippen LogP contribution in [-0.4, -0.2) is 9.97 Å². The molecule has 110 valence electrons. The highest BCUT2D eigenvalue weighted by Gasteiger charge is 2.09. The van der Waals surface area contributed by atoms with Crippen molar-refractivity contribution < 1.29 is 4.74 Å². The summed E-state index contributed by atoms with van der Waals surface area (Å²) in [7, 11) is 0. The molecule has 0 atom stereocenters. The van der Waals surface area contributed by atoms with E-state index in [4.69, 9.17) is 22.7 Å². The van der Waals surface area contributed by atoms with Crippen molar-refractivity contribution >= 4 is 17.2 Å². The molecule has 0 bridgehead atoms. The fraction of sp³-hybridized carbons (Fsp3) is 0.294. The molecular weight excluding hydrogens is 280 g/mol. The summed E-state index contributed by atoms with van der Waals surface area (Å²) in [5.74, 6) is 1.20. The Kier molecular flexibility index (Phi) is 5.28. The molecule has 0 saturated carbocycles. The van der Waals surface area contributed by atoms with E-state index in [0.717, 1.165) is 17.9 Å². The molecule has 2 aromatic rings. The van der Waals surface area contributed by atoms with Crippen LogP contribution in [0.2, 0.25) is 0 Å². The number of aryl methyl sites for hydroxylation is 2. The van der Waals surface area contributed by atoms with Crippen molar-refractivity contribution in [3.05, 3.63) is 53.2 Å². The van der Waals surface area contributed by atoms with Crippen molar-refractivity contribution in [2.24, 2.45) is 5.73 Å². The lowest BCUT2D eigenvalue weighted by Gasteiger charge is -2.10. The molecule has 0 aliphatic heterocycles. The Morgan fingerprint density at radius 3 is 2.52 bits per heavy atom. The zero-order valence-electron chi connectivity index (χ0n) is 12.4. The molecule has 0 saturated heterocycles. The van der Waals surface area contributed by atoms with Gasteiger partial charge in [0.05, 0.1) is 5.56 Å². The number of rotatable bonds is 6. The Labute approximate surface area is 131 Å². The van der Waals surface area contributed by atoms with Crippen molar-refractivity contribution in [1.29, 1.82) is 0 Å². The van der Waals surface area contributed by atoms with Crippen LogP contribution in [0.4, 0.5) is 0 Å². The maximum Gasteiger partial charge on any atom is 0.229 e. The van der Waals surface area contributed by atoms with Crippen molar-refractivity contribution in [2.75, 3.05) is 0 Å². The first kappa shape index (κ1) is 15.4. The van der Waals surface area contributed by atoms with E-state index in [2.05, 4.69) is 24.0 Å². The van der Waals surface area contributed by atoms with E-state index in [1.807, 2.05) is 31.2 Å². The van der Waals surface area contributed by atoms with Gasteiger partial charge in [-0.3, -0.25) is 0 Å². The summed E-state index contributed by atoms with van der Waals surface area (Å²) < 4.78 is 5.83. The van der Waals surface area contributed by atoms with Crippen LogP contribution >= 0.6 is 12.2 Å². The number of aromatic nitrogens is 1. The smallest absolute Gasteiger partial charge is 0.229 e. The van der Waals surface area contributed by atoms with Gasteiger partial charge in [-0.1, -0.05) is 37.7 Å². The maximum atomic E-state index is 5.83. The highest BCUT2D eigenvalue weighted by molar-refractivity contribution is 7.80. The number of hydrogen-bond acceptors (Lipinski definition) is 3. The van der Waals surface area contributed by atoms with Gasteiger partial charge >= 0.3 is 0 Å². The number of benzene rings is 1. The Bertz CT molecular complexity index is 623. The molecule has 3 nitrogen and oxygen atoms in total. The summed E-state index contributed by atoms with van der Waals surface area (Å²) in [6.45, 7) is 4.10. The molecule has 2 N–H and O–H groups in total. The van der Waals surface area contributed by atoms with Crippen LogP contribution in [0.3, 0.4) is 0 Å². The van der Waals surface area contributed by atoms with Gasteiger partial charge in [0.2, 0.25) is 5.88 Å². The summed E-state index contributed by atoms with van der Waals surface area (Å²) in [5, 5.41) is 0. The van der Waals surface area contributed by atoms with E-state index in [9.17, 15) is 0 Å². The zero-order valence-corrected chi connectivity index (χ0v) is 13.2. The lowest BCUT2D eigenvalue weighted by molar-refractivity contribution is 0.460. The largest absolute Gasteiger partial charge is 0.438 e. The third kappa shape index (κ3) is 4.26. The molecule has 4 heteroatoms. The summed E-state index contributed by atoms with van der Waals surface area (Å²) in [6.07, 6.45) is 3.49. The van der Waals surface area contributed by atoms with Gasteiger partial charge in [-0.2, -0.15) is 0 Å². The number of nitrogens with zero attached hydrogens (tertiary/aromatic N) is 1. The van der Waals surface area contributed by atoms with Crippen molar-refractivity contribution in [1.82, 2.24) is 4.98 Å². The van der Waals surface area contributed by atoms with Crippen molar-refractivity contribution in [3.8, 4) is 11.6 Å². The van der Waals surface area contributed by atoms with E-state index in [0.29, 0.717) is 11.4 Å². The predicted octanol–water partition coefficient (Wildman–Crippen LogP) is 4.16. The van der Waals surface area contributed by atoms with E-state index in [1.165, 1.54) is 18.4 Å². The summed E-state index contributed by atoms with van der Waals surface area (Å²) in [6, 6.07) is 11.8. The quantitative estimate of drug-likeness (QED) is 0.814. The van der Waals surface area contributed by atoms with Crippen LogP contribution in [0.1, 0.15) is 36.6 Å². The van der Waals surface area contributed by atoms with Gasteiger partial charge < -0.3 is 10.5 Å². The average molecular weight is 300 g/mol. The molecule has 1 heterocycles. The SMILES string of the molecule is CCCCc1ccc(Oc2nc(C)ccc2C(N)=S)cc1. The monoisotopic (exact) mass is 300 g/mol. The number of ether oxygens (including phenoxy) is 1. The first-order valence-electron chi connectivity index (χ1n) is 7.14. The minimum atomic E-state index is 0.289. The van der Waals surface area contributed by atoms with Crippen molar-refractivity contribution in [2.45, 2.75) is 33.1 Å². The second kappa shape index (κ2) is 7.18. The highest BCUT2D eigenvalue weighted by Crippen LogP contribution is 2.24. The van der Waals surface area contributed by atoms with Gasteiger partial charge in [0.25, 0.3) is 0 Å². The summed E-state index contributed by atoms with van der Waals surface area (Å²) in [5.41, 5.74) is 8.55. The van der Waals surface area contributed by atoms with Gasteiger partial charge in [0.15, 0.2) is 0 Å². The van der Waals surface area contributed by atoms with Crippen LogP contribution < -0.4 is 10.5 Å². The van der Waals surface area contributed by atoms with E-state index in [1.54, 1.807) is 0 Å². The molecule has 0 spiro atoms. The third-order valence-electron chi connectivity index (χ3n) is 3.22. The third-order valence-corrected chi connectivity index (χ3v) is 3.44. The minimum absolute atomic E-state index is 0.289. The molecule has 1 aromatic heterocycles. The molecule has 0 unspecified atom stereocenters.